The number of non-ortho nitro benzene ring substituents is 1. The van der Waals surface area contributed by atoms with Gasteiger partial charge in [-0.05, 0) is 43.2 Å². The summed E-state index contributed by atoms with van der Waals surface area (Å²) in [4.78, 5) is 37.9. The molecule has 2 N–H and O–H groups in total. The van der Waals surface area contributed by atoms with Crippen molar-refractivity contribution in [2.24, 2.45) is 0 Å². The number of aryl methyl sites for hydroxylation is 1. The number of para-hydroxylation sites is 1. The minimum Gasteiger partial charge on any atom is -0.465 e. The van der Waals surface area contributed by atoms with Crippen molar-refractivity contribution in [3.05, 3.63) is 68.9 Å². The highest BCUT2D eigenvalue weighted by Gasteiger charge is 2.18. The maximum absolute atomic E-state index is 12.6. The number of anilines is 1. The molecule has 1 heterocycles. The normalized spacial score (nSPS) is 10.6. The van der Waals surface area contributed by atoms with E-state index in [-0.39, 0.29) is 16.9 Å². The molecule has 0 atom stereocenters. The first kappa shape index (κ1) is 18.1. The van der Waals surface area contributed by atoms with Crippen molar-refractivity contribution >= 4 is 34.2 Å². The number of H-pyrrole nitrogens is 1. The van der Waals surface area contributed by atoms with Gasteiger partial charge in [-0.2, -0.15) is 0 Å². The van der Waals surface area contributed by atoms with Crippen LogP contribution in [0.4, 0.5) is 11.4 Å². The molecular weight excluding hydrogens is 350 g/mol. The van der Waals surface area contributed by atoms with Crippen molar-refractivity contribution in [2.45, 2.75) is 13.8 Å². The lowest BCUT2D eigenvalue weighted by Crippen LogP contribution is -2.14. The number of hydrogen-bond donors (Lipinski definition) is 2. The van der Waals surface area contributed by atoms with E-state index in [9.17, 15) is 19.7 Å². The van der Waals surface area contributed by atoms with E-state index < -0.39 is 16.8 Å². The summed E-state index contributed by atoms with van der Waals surface area (Å²) in [6, 6.07) is 9.43. The number of hydrogen-bond acceptors (Lipinski definition) is 5. The predicted octanol–water partition coefficient (Wildman–Crippen LogP) is 3.73. The maximum Gasteiger partial charge on any atom is 0.338 e. The summed E-state index contributed by atoms with van der Waals surface area (Å²) in [6.07, 6.45) is 0. The molecule has 0 aliphatic carbocycles. The molecule has 2 aromatic carbocycles. The number of ether oxygens (including phenoxy) is 1. The topological polar surface area (TPSA) is 114 Å². The highest BCUT2D eigenvalue weighted by atomic mass is 16.6. The Balaban J connectivity index is 1.95. The van der Waals surface area contributed by atoms with E-state index in [0.29, 0.717) is 16.6 Å². The number of carbonyl (C=O) groups is 2. The molecule has 0 spiro atoms. The van der Waals surface area contributed by atoms with Crippen molar-refractivity contribution in [1.29, 1.82) is 0 Å². The number of nitrogens with zero attached hydrogens (tertiary/aromatic N) is 1. The number of fused-ring (bicyclic) bond motifs is 1. The summed E-state index contributed by atoms with van der Waals surface area (Å²) in [5.41, 5.74) is 2.73. The fourth-order valence-electron chi connectivity index (χ4n) is 2.87. The molecule has 0 saturated carbocycles. The molecule has 1 aromatic heterocycles. The van der Waals surface area contributed by atoms with Gasteiger partial charge in [0.05, 0.1) is 17.6 Å². The number of amides is 1. The zero-order valence-corrected chi connectivity index (χ0v) is 15.0. The second-order valence-electron chi connectivity index (χ2n) is 6.09. The third kappa shape index (κ3) is 3.37. The second kappa shape index (κ2) is 6.91. The highest BCUT2D eigenvalue weighted by Crippen LogP contribution is 2.26. The van der Waals surface area contributed by atoms with Gasteiger partial charge in [0.25, 0.3) is 11.6 Å². The predicted molar refractivity (Wildman–Crippen MR) is 100 cm³/mol. The van der Waals surface area contributed by atoms with Crippen molar-refractivity contribution < 1.29 is 19.2 Å². The van der Waals surface area contributed by atoms with Gasteiger partial charge in [0.2, 0.25) is 0 Å². The third-order valence-corrected chi connectivity index (χ3v) is 4.41. The lowest BCUT2D eigenvalue weighted by atomic mass is 10.0. The van der Waals surface area contributed by atoms with Crippen LogP contribution >= 0.6 is 0 Å². The number of aromatic nitrogens is 1. The number of nitro groups is 1. The maximum atomic E-state index is 12.6. The highest BCUT2D eigenvalue weighted by molar-refractivity contribution is 6.07. The smallest absolute Gasteiger partial charge is 0.338 e. The van der Waals surface area contributed by atoms with E-state index in [1.165, 1.54) is 19.2 Å². The lowest BCUT2D eigenvalue weighted by molar-refractivity contribution is -0.383. The Hall–Kier alpha value is -3.68. The molecular formula is C19H17N3O5. The zero-order chi connectivity index (χ0) is 19.7. The first-order valence-electron chi connectivity index (χ1n) is 8.09. The average Bonchev–Trinajstić information content (AvgIpc) is 3.08. The number of methoxy groups -OCH3 is 1. The van der Waals surface area contributed by atoms with Gasteiger partial charge in [-0.15, -0.1) is 0 Å². The third-order valence-electron chi connectivity index (χ3n) is 4.41. The van der Waals surface area contributed by atoms with E-state index >= 15 is 0 Å². The number of esters is 1. The van der Waals surface area contributed by atoms with Crippen LogP contribution in [0.15, 0.2) is 36.4 Å². The molecule has 8 nitrogen and oxygen atoms in total. The van der Waals surface area contributed by atoms with Crippen LogP contribution in [0.1, 0.15) is 32.0 Å². The Bertz CT molecular complexity index is 1080. The lowest BCUT2D eigenvalue weighted by Gasteiger charge is -2.11. The Morgan fingerprint density at radius 3 is 2.59 bits per heavy atom. The number of aromatic amines is 1. The summed E-state index contributed by atoms with van der Waals surface area (Å²) in [5.74, 6) is -0.965. The number of carbonyl (C=O) groups excluding carboxylic acids is 2. The fraction of sp³-hybridized carbons (Fsp3) is 0.158. The average molecular weight is 367 g/mol. The van der Waals surface area contributed by atoms with Crippen molar-refractivity contribution in [3.8, 4) is 0 Å². The van der Waals surface area contributed by atoms with E-state index in [0.717, 1.165) is 11.1 Å². The largest absolute Gasteiger partial charge is 0.465 e. The van der Waals surface area contributed by atoms with Crippen LogP contribution in [0.25, 0.3) is 10.9 Å². The number of nitrogens with one attached hydrogen (secondary N) is 2. The summed E-state index contributed by atoms with van der Waals surface area (Å²) in [7, 11) is 1.29. The fourth-order valence-corrected chi connectivity index (χ4v) is 2.87. The van der Waals surface area contributed by atoms with Gasteiger partial charge in [-0.1, -0.05) is 12.1 Å². The Labute approximate surface area is 154 Å². The SMILES string of the molecule is COC(=O)c1cc(NC(=O)c2cc3cccc([N+](=O)[O-])c3[nH]2)cc(C)c1C. The molecule has 3 rings (SSSR count). The van der Waals surface area contributed by atoms with Crippen LogP contribution in [0.5, 0.6) is 0 Å². The van der Waals surface area contributed by atoms with Gasteiger partial charge >= 0.3 is 5.97 Å². The van der Waals surface area contributed by atoms with Crippen LogP contribution < -0.4 is 5.32 Å². The van der Waals surface area contributed by atoms with E-state index in [1.807, 2.05) is 6.92 Å². The molecule has 3 aromatic rings. The molecule has 0 bridgehead atoms. The Kier molecular flexibility index (Phi) is 4.64. The first-order valence-corrected chi connectivity index (χ1v) is 8.09. The first-order chi connectivity index (χ1) is 12.8. The Morgan fingerprint density at radius 1 is 1.19 bits per heavy atom. The van der Waals surface area contributed by atoms with Crippen LogP contribution in [0.3, 0.4) is 0 Å². The number of benzene rings is 2. The minimum absolute atomic E-state index is 0.106. The van der Waals surface area contributed by atoms with Gasteiger partial charge in [0.15, 0.2) is 0 Å². The van der Waals surface area contributed by atoms with Crippen LogP contribution in [0.2, 0.25) is 0 Å². The molecule has 0 unspecified atom stereocenters. The summed E-state index contributed by atoms with van der Waals surface area (Å²) in [6.45, 7) is 3.62. The molecule has 0 aliphatic rings. The number of nitro benzene ring substituents is 1. The number of rotatable bonds is 4. The van der Waals surface area contributed by atoms with Crippen molar-refractivity contribution in [1.82, 2.24) is 4.98 Å². The van der Waals surface area contributed by atoms with Gasteiger partial charge in [0.1, 0.15) is 11.2 Å². The molecule has 0 aliphatic heterocycles. The van der Waals surface area contributed by atoms with Gasteiger partial charge in [0, 0.05) is 17.1 Å². The van der Waals surface area contributed by atoms with Crippen molar-refractivity contribution in [2.75, 3.05) is 12.4 Å². The molecule has 27 heavy (non-hydrogen) atoms. The van der Waals surface area contributed by atoms with E-state index in [1.54, 1.807) is 31.2 Å². The molecule has 0 saturated heterocycles. The van der Waals surface area contributed by atoms with Gasteiger partial charge < -0.3 is 15.0 Å². The van der Waals surface area contributed by atoms with Gasteiger partial charge in [-0.3, -0.25) is 14.9 Å². The summed E-state index contributed by atoms with van der Waals surface area (Å²) < 4.78 is 4.77. The molecule has 1 amide bonds. The van der Waals surface area contributed by atoms with Gasteiger partial charge in [-0.25, -0.2) is 4.79 Å². The van der Waals surface area contributed by atoms with E-state index in [4.69, 9.17) is 4.74 Å². The van der Waals surface area contributed by atoms with Crippen LogP contribution in [0, 0.1) is 24.0 Å². The second-order valence-corrected chi connectivity index (χ2v) is 6.09. The van der Waals surface area contributed by atoms with E-state index in [2.05, 4.69) is 10.3 Å². The van der Waals surface area contributed by atoms with Crippen LogP contribution in [-0.2, 0) is 4.74 Å². The summed E-state index contributed by atoms with van der Waals surface area (Å²) >= 11 is 0. The molecule has 8 heteroatoms. The Morgan fingerprint density at radius 2 is 1.93 bits per heavy atom. The minimum atomic E-state index is -0.507. The standard InChI is InChI=1S/C19H17N3O5/c1-10-7-13(9-14(11(10)2)19(24)27-3)20-18(23)15-8-12-5-4-6-16(22(25)26)17(12)21-15/h4-9,21H,1-3H3,(H,20,23). The summed E-state index contributed by atoms with van der Waals surface area (Å²) in [5, 5.41) is 14.4. The molecule has 0 radical (unpaired) electrons. The zero-order valence-electron chi connectivity index (χ0n) is 15.0. The van der Waals surface area contributed by atoms with Crippen molar-refractivity contribution in [3.63, 3.8) is 0 Å². The quantitative estimate of drug-likeness (QED) is 0.414. The molecule has 0 fully saturated rings. The molecule has 138 valence electrons. The monoisotopic (exact) mass is 367 g/mol. The van der Waals surface area contributed by atoms with Crippen LogP contribution in [-0.4, -0.2) is 28.9 Å².